The highest BCUT2D eigenvalue weighted by atomic mass is 16.5. The molecule has 2 heteroatoms. The number of hydrogen-bond acceptors (Lipinski definition) is 2. The largest absolute Gasteiger partial charge is 0.354 e. The molecule has 0 spiro atoms. The summed E-state index contributed by atoms with van der Waals surface area (Å²) < 4.78 is 6.47. The number of hydrogen-bond donors (Lipinski definition) is 0. The molecule has 0 bridgehead atoms. The summed E-state index contributed by atoms with van der Waals surface area (Å²) in [5, 5.41) is 0. The molecule has 2 nitrogen and oxygen atoms in total. The van der Waals surface area contributed by atoms with Gasteiger partial charge in [-0.2, -0.15) is 0 Å². The topological polar surface area (TPSA) is 12.5 Å². The van der Waals surface area contributed by atoms with Crippen LogP contribution >= 0.6 is 0 Å². The molecule has 1 aromatic rings. The second-order valence-corrected chi connectivity index (χ2v) is 7.92. The van der Waals surface area contributed by atoms with Gasteiger partial charge in [-0.1, -0.05) is 70.9 Å². The molecule has 1 aliphatic heterocycles. The van der Waals surface area contributed by atoms with Gasteiger partial charge in [0.25, 0.3) is 0 Å². The van der Waals surface area contributed by atoms with Crippen molar-refractivity contribution >= 4 is 0 Å². The molecule has 1 heterocycles. The Morgan fingerprint density at radius 1 is 1.18 bits per heavy atom. The van der Waals surface area contributed by atoms with Gasteiger partial charge in [-0.05, 0) is 37.3 Å². The molecule has 22 heavy (non-hydrogen) atoms. The third kappa shape index (κ3) is 3.91. The maximum atomic E-state index is 6.47. The van der Waals surface area contributed by atoms with Crippen LogP contribution in [0.3, 0.4) is 0 Å². The normalized spacial score (nSPS) is 28.0. The van der Waals surface area contributed by atoms with Crippen LogP contribution in [0.2, 0.25) is 0 Å². The zero-order valence-corrected chi connectivity index (χ0v) is 15.2. The van der Waals surface area contributed by atoms with E-state index in [0.717, 1.165) is 6.42 Å². The average molecular weight is 303 g/mol. The Hall–Kier alpha value is -0.860. The number of ether oxygens (including phenoxy) is 1. The highest BCUT2D eigenvalue weighted by Crippen LogP contribution is 2.40. The molecule has 0 amide bonds. The lowest BCUT2D eigenvalue weighted by molar-refractivity contribution is -0.0220. The van der Waals surface area contributed by atoms with E-state index in [1.165, 1.54) is 18.4 Å². The fourth-order valence-electron chi connectivity index (χ4n) is 3.57. The number of nitrogens with zero attached hydrogens (tertiary/aromatic N) is 1. The molecular formula is C20H33NO. The van der Waals surface area contributed by atoms with E-state index < -0.39 is 0 Å². The Balaban J connectivity index is 2.09. The van der Waals surface area contributed by atoms with Crippen molar-refractivity contribution in [2.45, 2.75) is 72.3 Å². The molecule has 0 saturated carbocycles. The molecule has 1 aromatic carbocycles. The summed E-state index contributed by atoms with van der Waals surface area (Å²) in [5.74, 6) is 0.701. The zero-order chi connectivity index (χ0) is 16.3. The van der Waals surface area contributed by atoms with Gasteiger partial charge in [0.1, 0.15) is 6.23 Å². The Morgan fingerprint density at radius 3 is 2.36 bits per heavy atom. The number of rotatable bonds is 5. The van der Waals surface area contributed by atoms with Crippen LogP contribution in [0, 0.1) is 11.3 Å². The van der Waals surface area contributed by atoms with Gasteiger partial charge in [0, 0.05) is 6.04 Å². The molecule has 0 aromatic heterocycles. The van der Waals surface area contributed by atoms with Gasteiger partial charge in [0.2, 0.25) is 0 Å². The summed E-state index contributed by atoms with van der Waals surface area (Å²) in [4.78, 5) is 2.42. The molecular weight excluding hydrogens is 270 g/mol. The maximum absolute atomic E-state index is 6.47. The van der Waals surface area contributed by atoms with E-state index in [1.54, 1.807) is 0 Å². The molecule has 0 aliphatic carbocycles. The van der Waals surface area contributed by atoms with Crippen LogP contribution in [0.15, 0.2) is 30.3 Å². The monoisotopic (exact) mass is 303 g/mol. The average Bonchev–Trinajstić information content (AvgIpc) is 2.75. The first-order valence-electron chi connectivity index (χ1n) is 8.77. The van der Waals surface area contributed by atoms with E-state index in [1.807, 2.05) is 0 Å². The first-order valence-corrected chi connectivity index (χ1v) is 8.77. The Morgan fingerprint density at radius 2 is 1.82 bits per heavy atom. The number of benzene rings is 1. The van der Waals surface area contributed by atoms with Crippen LogP contribution in [-0.4, -0.2) is 24.2 Å². The smallest absolute Gasteiger partial charge is 0.111 e. The van der Waals surface area contributed by atoms with E-state index >= 15 is 0 Å². The summed E-state index contributed by atoms with van der Waals surface area (Å²) in [7, 11) is 2.21. The van der Waals surface area contributed by atoms with Gasteiger partial charge in [-0.3, -0.25) is 4.90 Å². The molecule has 0 radical (unpaired) electrons. The second-order valence-electron chi connectivity index (χ2n) is 7.92. The third-order valence-corrected chi connectivity index (χ3v) is 5.31. The molecule has 1 fully saturated rings. The van der Waals surface area contributed by atoms with Crippen LogP contribution in [-0.2, 0) is 4.74 Å². The van der Waals surface area contributed by atoms with E-state index in [9.17, 15) is 0 Å². The molecule has 1 saturated heterocycles. The van der Waals surface area contributed by atoms with E-state index in [2.05, 4.69) is 76.9 Å². The summed E-state index contributed by atoms with van der Waals surface area (Å²) in [5.41, 5.74) is 1.64. The maximum Gasteiger partial charge on any atom is 0.111 e. The van der Waals surface area contributed by atoms with Crippen molar-refractivity contribution in [1.82, 2.24) is 4.90 Å². The lowest BCUT2D eigenvalue weighted by Crippen LogP contribution is -2.35. The van der Waals surface area contributed by atoms with Gasteiger partial charge in [0.15, 0.2) is 0 Å². The van der Waals surface area contributed by atoms with Crippen molar-refractivity contribution < 1.29 is 4.74 Å². The summed E-state index contributed by atoms with van der Waals surface area (Å²) in [6.07, 6.45) is 4.08. The van der Waals surface area contributed by atoms with Crippen LogP contribution in [0.1, 0.15) is 65.5 Å². The van der Waals surface area contributed by atoms with Crippen molar-refractivity contribution in [3.8, 4) is 0 Å². The standard InChI is InChI=1S/C20H33NO/c1-7-11-17(20(3,4)5)14-18-21(6)15(2)19(22-18)16-12-9-8-10-13-16/h8-10,12-13,15,17-19H,7,11,14H2,1-6H3/t15-,17-,18-,19-/m0/s1. The second kappa shape index (κ2) is 7.14. The minimum atomic E-state index is 0.193. The first kappa shape index (κ1) is 17.5. The van der Waals surface area contributed by atoms with Crippen molar-refractivity contribution in [1.29, 1.82) is 0 Å². The highest BCUT2D eigenvalue weighted by Gasteiger charge is 2.40. The Kier molecular flexibility index (Phi) is 5.68. The van der Waals surface area contributed by atoms with E-state index in [-0.39, 0.29) is 12.3 Å². The van der Waals surface area contributed by atoms with Crippen molar-refractivity contribution in [2.24, 2.45) is 11.3 Å². The summed E-state index contributed by atoms with van der Waals surface area (Å²) >= 11 is 0. The molecule has 0 unspecified atom stereocenters. The molecule has 0 N–H and O–H groups in total. The quantitative estimate of drug-likeness (QED) is 0.736. The van der Waals surface area contributed by atoms with E-state index in [0.29, 0.717) is 17.4 Å². The summed E-state index contributed by atoms with van der Waals surface area (Å²) in [6.45, 7) is 11.7. The molecule has 124 valence electrons. The molecule has 4 atom stereocenters. The minimum Gasteiger partial charge on any atom is -0.354 e. The Labute approximate surface area is 136 Å². The Bertz CT molecular complexity index is 451. The van der Waals surface area contributed by atoms with Gasteiger partial charge in [0.05, 0.1) is 6.10 Å². The predicted molar refractivity (Wildman–Crippen MR) is 93.8 cm³/mol. The van der Waals surface area contributed by atoms with Gasteiger partial charge in [-0.15, -0.1) is 0 Å². The van der Waals surface area contributed by atoms with E-state index in [4.69, 9.17) is 4.74 Å². The lowest BCUT2D eigenvalue weighted by Gasteiger charge is -2.34. The van der Waals surface area contributed by atoms with Crippen LogP contribution < -0.4 is 0 Å². The van der Waals surface area contributed by atoms with Crippen molar-refractivity contribution in [3.05, 3.63) is 35.9 Å². The molecule has 2 rings (SSSR count). The van der Waals surface area contributed by atoms with Crippen LogP contribution in [0.25, 0.3) is 0 Å². The van der Waals surface area contributed by atoms with Gasteiger partial charge >= 0.3 is 0 Å². The fourth-order valence-corrected chi connectivity index (χ4v) is 3.57. The van der Waals surface area contributed by atoms with Gasteiger partial charge in [-0.25, -0.2) is 0 Å². The summed E-state index contributed by atoms with van der Waals surface area (Å²) in [6, 6.07) is 11.1. The number of likely N-dealkylation sites (N-methyl/N-ethyl adjacent to an activating group) is 1. The molecule has 1 aliphatic rings. The van der Waals surface area contributed by atoms with Crippen LogP contribution in [0.4, 0.5) is 0 Å². The first-order chi connectivity index (χ1) is 10.3. The van der Waals surface area contributed by atoms with Gasteiger partial charge < -0.3 is 4.74 Å². The van der Waals surface area contributed by atoms with Crippen molar-refractivity contribution in [3.63, 3.8) is 0 Å². The lowest BCUT2D eigenvalue weighted by atomic mass is 9.76. The SMILES string of the molecule is CCC[C@@H](C[C@@H]1O[C@H](c2ccccc2)[C@H](C)N1C)C(C)(C)C. The predicted octanol–water partition coefficient (Wildman–Crippen LogP) is 5.26. The van der Waals surface area contributed by atoms with Crippen molar-refractivity contribution in [2.75, 3.05) is 7.05 Å². The minimum absolute atomic E-state index is 0.193. The highest BCUT2D eigenvalue weighted by molar-refractivity contribution is 5.20. The zero-order valence-electron chi connectivity index (χ0n) is 15.2. The van der Waals surface area contributed by atoms with Crippen LogP contribution in [0.5, 0.6) is 0 Å². The third-order valence-electron chi connectivity index (χ3n) is 5.31. The fraction of sp³-hybridized carbons (Fsp3) is 0.700.